The summed E-state index contributed by atoms with van der Waals surface area (Å²) >= 11 is 0. The number of carboxylic acids is 2. The maximum Gasteiger partial charge on any atom is 0.335 e. The summed E-state index contributed by atoms with van der Waals surface area (Å²) in [6, 6.07) is 7.33. The Bertz CT molecular complexity index is 816. The Kier molecular flexibility index (Phi) is 6.00. The molecule has 6 nitrogen and oxygen atoms in total. The number of halogens is 2. The first-order valence-corrected chi connectivity index (χ1v) is 7.55. The van der Waals surface area contributed by atoms with E-state index in [1.165, 1.54) is 24.3 Å². The highest BCUT2D eigenvalue weighted by Crippen LogP contribution is 2.13. The first-order chi connectivity index (χ1) is 12.3. The van der Waals surface area contributed by atoms with Gasteiger partial charge in [-0.1, -0.05) is 18.2 Å². The molecule has 0 fully saturated rings. The predicted molar refractivity (Wildman–Crippen MR) is 86.7 cm³/mol. The maximum absolute atomic E-state index is 13.6. The number of amides is 1. The van der Waals surface area contributed by atoms with Crippen LogP contribution in [0.3, 0.4) is 0 Å². The maximum atomic E-state index is 13.6. The van der Waals surface area contributed by atoms with Crippen molar-refractivity contribution in [2.24, 2.45) is 0 Å². The number of rotatable bonds is 7. The van der Waals surface area contributed by atoms with Gasteiger partial charge in [-0.25, -0.2) is 18.4 Å². The lowest BCUT2D eigenvalue weighted by Gasteiger charge is -2.15. The van der Waals surface area contributed by atoms with E-state index in [2.05, 4.69) is 5.32 Å². The predicted octanol–water partition coefficient (Wildman–Crippen LogP) is 2.02. The normalized spacial score (nSPS) is 11.6. The molecule has 0 saturated carbocycles. The van der Waals surface area contributed by atoms with Crippen LogP contribution in [-0.4, -0.2) is 34.1 Å². The Morgan fingerprint density at radius 2 is 1.54 bits per heavy atom. The highest BCUT2D eigenvalue weighted by molar-refractivity contribution is 5.87. The van der Waals surface area contributed by atoms with E-state index in [4.69, 9.17) is 5.11 Å². The first kappa shape index (κ1) is 19.0. The molecule has 0 aliphatic carbocycles. The van der Waals surface area contributed by atoms with Gasteiger partial charge in [-0.3, -0.25) is 4.79 Å². The van der Waals surface area contributed by atoms with Gasteiger partial charge in [0.2, 0.25) is 5.91 Å². The lowest BCUT2D eigenvalue weighted by Crippen LogP contribution is -2.43. The smallest absolute Gasteiger partial charge is 0.335 e. The van der Waals surface area contributed by atoms with Gasteiger partial charge in [-0.15, -0.1) is 0 Å². The molecule has 2 aromatic carbocycles. The lowest BCUT2D eigenvalue weighted by atomic mass is 10.0. The van der Waals surface area contributed by atoms with Crippen LogP contribution < -0.4 is 5.32 Å². The van der Waals surface area contributed by atoms with Crippen molar-refractivity contribution in [2.45, 2.75) is 18.9 Å². The average Bonchev–Trinajstić information content (AvgIpc) is 2.58. The molecule has 0 unspecified atom stereocenters. The molecule has 3 N–H and O–H groups in total. The van der Waals surface area contributed by atoms with E-state index in [1.807, 2.05) is 0 Å². The highest BCUT2D eigenvalue weighted by Gasteiger charge is 2.22. The van der Waals surface area contributed by atoms with Crippen LogP contribution in [-0.2, 0) is 22.4 Å². The van der Waals surface area contributed by atoms with Crippen molar-refractivity contribution < 1.29 is 33.4 Å². The number of carbonyl (C=O) groups is 3. The van der Waals surface area contributed by atoms with Gasteiger partial charge < -0.3 is 15.5 Å². The minimum atomic E-state index is -1.33. The molecule has 2 aromatic rings. The fraction of sp³-hybridized carbons (Fsp3) is 0.167. The van der Waals surface area contributed by atoms with Crippen LogP contribution in [0.25, 0.3) is 0 Å². The molecule has 8 heteroatoms. The third-order valence-corrected chi connectivity index (χ3v) is 3.67. The zero-order valence-electron chi connectivity index (χ0n) is 13.4. The summed E-state index contributed by atoms with van der Waals surface area (Å²) in [5.41, 5.74) is 0.0828. The van der Waals surface area contributed by atoms with Crippen LogP contribution in [0.2, 0.25) is 0 Å². The molecule has 0 bridgehead atoms. The monoisotopic (exact) mass is 363 g/mol. The van der Waals surface area contributed by atoms with Gasteiger partial charge in [0, 0.05) is 12.0 Å². The summed E-state index contributed by atoms with van der Waals surface area (Å²) in [5.74, 6) is -5.07. The van der Waals surface area contributed by atoms with E-state index >= 15 is 0 Å². The van der Waals surface area contributed by atoms with E-state index in [0.717, 1.165) is 18.2 Å². The number of carbonyl (C=O) groups excluding carboxylic acids is 1. The molecule has 0 radical (unpaired) electrons. The number of hydrogen-bond acceptors (Lipinski definition) is 3. The molecule has 0 heterocycles. The zero-order chi connectivity index (χ0) is 19.3. The SMILES string of the molecule is O=C(Cc1c(F)cccc1F)N[C@@H](Cc1ccc(C(=O)O)cc1)C(=O)O. The second-order valence-corrected chi connectivity index (χ2v) is 5.54. The third-order valence-electron chi connectivity index (χ3n) is 3.67. The minimum absolute atomic E-state index is 0.0414. The van der Waals surface area contributed by atoms with Gasteiger partial charge in [0.05, 0.1) is 12.0 Å². The number of aliphatic carboxylic acids is 1. The molecule has 0 aliphatic rings. The summed E-state index contributed by atoms with van der Waals surface area (Å²) in [6.45, 7) is 0. The van der Waals surface area contributed by atoms with Crippen molar-refractivity contribution >= 4 is 17.8 Å². The lowest BCUT2D eigenvalue weighted by molar-refractivity contribution is -0.141. The molecule has 1 amide bonds. The van der Waals surface area contributed by atoms with Crippen LogP contribution in [0, 0.1) is 11.6 Å². The van der Waals surface area contributed by atoms with E-state index in [0.29, 0.717) is 5.56 Å². The quantitative estimate of drug-likeness (QED) is 0.698. The zero-order valence-corrected chi connectivity index (χ0v) is 13.4. The van der Waals surface area contributed by atoms with E-state index in [9.17, 15) is 28.3 Å². The Morgan fingerprint density at radius 3 is 2.04 bits per heavy atom. The summed E-state index contributed by atoms with van der Waals surface area (Å²) in [5, 5.41) is 20.3. The Balaban J connectivity index is 2.06. The second kappa shape index (κ2) is 8.19. The molecule has 136 valence electrons. The van der Waals surface area contributed by atoms with Crippen molar-refractivity contribution in [1.82, 2.24) is 5.32 Å². The number of benzene rings is 2. The Hall–Kier alpha value is -3.29. The van der Waals surface area contributed by atoms with Gasteiger partial charge in [0.25, 0.3) is 0 Å². The number of aromatic carboxylic acids is 1. The van der Waals surface area contributed by atoms with Crippen molar-refractivity contribution in [3.05, 3.63) is 70.8 Å². The Morgan fingerprint density at radius 1 is 0.962 bits per heavy atom. The van der Waals surface area contributed by atoms with Crippen molar-refractivity contribution in [2.75, 3.05) is 0 Å². The van der Waals surface area contributed by atoms with Gasteiger partial charge in [0.1, 0.15) is 17.7 Å². The fourth-order valence-corrected chi connectivity index (χ4v) is 2.33. The standard InChI is InChI=1S/C18H15F2NO5/c19-13-2-1-3-14(20)12(13)9-16(22)21-15(18(25)26)8-10-4-6-11(7-5-10)17(23)24/h1-7,15H,8-9H2,(H,21,22)(H,23,24)(H,25,26)/t15-/m0/s1. The molecule has 0 spiro atoms. The van der Waals surface area contributed by atoms with Gasteiger partial charge in [-0.05, 0) is 29.8 Å². The fourth-order valence-electron chi connectivity index (χ4n) is 2.33. The average molecular weight is 363 g/mol. The van der Waals surface area contributed by atoms with Crippen LogP contribution >= 0.6 is 0 Å². The van der Waals surface area contributed by atoms with Crippen molar-refractivity contribution in [1.29, 1.82) is 0 Å². The van der Waals surface area contributed by atoms with E-state index in [1.54, 1.807) is 0 Å². The minimum Gasteiger partial charge on any atom is -0.480 e. The molecular formula is C18H15F2NO5. The number of nitrogens with one attached hydrogen (secondary N) is 1. The molecule has 0 aliphatic heterocycles. The molecule has 26 heavy (non-hydrogen) atoms. The summed E-state index contributed by atoms with van der Waals surface area (Å²) in [4.78, 5) is 34.1. The number of hydrogen-bond donors (Lipinski definition) is 3. The van der Waals surface area contributed by atoms with Crippen LogP contribution in [0.15, 0.2) is 42.5 Å². The van der Waals surface area contributed by atoms with Gasteiger partial charge >= 0.3 is 11.9 Å². The molecule has 0 saturated heterocycles. The molecule has 2 rings (SSSR count). The topological polar surface area (TPSA) is 104 Å². The molecule has 1 atom stereocenters. The van der Waals surface area contributed by atoms with Crippen LogP contribution in [0.5, 0.6) is 0 Å². The summed E-state index contributed by atoms with van der Waals surface area (Å²) in [6.07, 6.45) is -0.749. The summed E-state index contributed by atoms with van der Waals surface area (Å²) < 4.78 is 27.1. The molecular weight excluding hydrogens is 348 g/mol. The van der Waals surface area contributed by atoms with Crippen LogP contribution in [0.1, 0.15) is 21.5 Å². The summed E-state index contributed by atoms with van der Waals surface area (Å²) in [7, 11) is 0. The molecule has 0 aromatic heterocycles. The van der Waals surface area contributed by atoms with Crippen LogP contribution in [0.4, 0.5) is 8.78 Å². The highest BCUT2D eigenvalue weighted by atomic mass is 19.1. The second-order valence-electron chi connectivity index (χ2n) is 5.54. The number of carboxylic acid groups (broad SMARTS) is 2. The van der Waals surface area contributed by atoms with Gasteiger partial charge in [-0.2, -0.15) is 0 Å². The van der Waals surface area contributed by atoms with Gasteiger partial charge in [0.15, 0.2) is 0 Å². The first-order valence-electron chi connectivity index (χ1n) is 7.55. The van der Waals surface area contributed by atoms with Crippen molar-refractivity contribution in [3.63, 3.8) is 0 Å². The largest absolute Gasteiger partial charge is 0.480 e. The van der Waals surface area contributed by atoms with Crippen molar-refractivity contribution in [3.8, 4) is 0 Å². The Labute approximate surface area is 147 Å². The van der Waals surface area contributed by atoms with E-state index < -0.39 is 47.5 Å². The third kappa shape index (κ3) is 4.85. The van der Waals surface area contributed by atoms with E-state index in [-0.39, 0.29) is 12.0 Å².